The average molecular weight is 211 g/mol. The van der Waals surface area contributed by atoms with E-state index in [1.54, 1.807) is 25.2 Å². The van der Waals surface area contributed by atoms with Crippen molar-refractivity contribution in [3.8, 4) is 0 Å². The van der Waals surface area contributed by atoms with Gasteiger partial charge < -0.3 is 4.90 Å². The van der Waals surface area contributed by atoms with Gasteiger partial charge >= 0.3 is 0 Å². The van der Waals surface area contributed by atoms with E-state index in [1.807, 2.05) is 20.8 Å². The molecule has 0 aliphatic carbocycles. The van der Waals surface area contributed by atoms with E-state index >= 15 is 0 Å². The Hall–Kier alpha value is -1.12. The third kappa shape index (κ3) is 6.05. The summed E-state index contributed by atoms with van der Waals surface area (Å²) in [5.74, 6) is -0.248. The van der Waals surface area contributed by atoms with Crippen molar-refractivity contribution in [2.45, 2.75) is 34.1 Å². The van der Waals surface area contributed by atoms with Crippen molar-refractivity contribution in [2.24, 2.45) is 5.41 Å². The van der Waals surface area contributed by atoms with Crippen molar-refractivity contribution in [3.05, 3.63) is 11.8 Å². The lowest BCUT2D eigenvalue weighted by Crippen LogP contribution is -2.20. The second kappa shape index (κ2) is 5.10. The molecule has 0 unspecified atom stereocenters. The minimum absolute atomic E-state index is 0.0799. The van der Waals surface area contributed by atoms with E-state index in [9.17, 15) is 9.59 Å². The van der Waals surface area contributed by atoms with Gasteiger partial charge in [0.1, 0.15) is 0 Å². The first kappa shape index (κ1) is 13.9. The third-order valence-electron chi connectivity index (χ3n) is 1.76. The van der Waals surface area contributed by atoms with E-state index < -0.39 is 0 Å². The number of carbonyl (C=O) groups excluding carboxylic acids is 2. The monoisotopic (exact) mass is 211 g/mol. The van der Waals surface area contributed by atoms with Gasteiger partial charge in [-0.1, -0.05) is 20.8 Å². The first-order valence-electron chi connectivity index (χ1n) is 5.06. The van der Waals surface area contributed by atoms with Crippen LogP contribution in [0.2, 0.25) is 0 Å². The predicted molar refractivity (Wildman–Crippen MR) is 61.5 cm³/mol. The number of allylic oxidation sites excluding steroid dienone is 1. The molecule has 0 heterocycles. The third-order valence-corrected chi connectivity index (χ3v) is 1.76. The van der Waals surface area contributed by atoms with Gasteiger partial charge in [-0.15, -0.1) is 0 Å². The number of Topliss-reactive ketones (excluding diaryl/α,β-unsaturated/α-hetero) is 2. The highest BCUT2D eigenvalue weighted by atomic mass is 16.1. The molecule has 0 N–H and O–H groups in total. The zero-order valence-electron chi connectivity index (χ0n) is 10.5. The Bertz CT molecular complexity index is 282. The van der Waals surface area contributed by atoms with Crippen LogP contribution in [0.15, 0.2) is 11.8 Å². The van der Waals surface area contributed by atoms with E-state index in [1.165, 1.54) is 6.92 Å². The fourth-order valence-corrected chi connectivity index (χ4v) is 1.19. The zero-order chi connectivity index (χ0) is 12.2. The molecule has 0 radical (unpaired) electrons. The first-order chi connectivity index (χ1) is 6.63. The van der Waals surface area contributed by atoms with Crippen LogP contribution in [0.5, 0.6) is 0 Å². The van der Waals surface area contributed by atoms with Crippen LogP contribution in [0.3, 0.4) is 0 Å². The molecule has 0 aromatic rings. The van der Waals surface area contributed by atoms with Gasteiger partial charge in [0, 0.05) is 26.7 Å². The lowest BCUT2D eigenvalue weighted by molar-refractivity contribution is -0.121. The summed E-state index contributed by atoms with van der Waals surface area (Å²) in [6.45, 7) is 7.38. The summed E-state index contributed by atoms with van der Waals surface area (Å²) < 4.78 is 0. The molecule has 0 amide bonds. The minimum Gasteiger partial charge on any atom is -0.383 e. The Morgan fingerprint density at radius 3 is 1.93 bits per heavy atom. The smallest absolute Gasteiger partial charge is 0.168 e. The highest BCUT2D eigenvalue weighted by molar-refractivity contribution is 6.19. The van der Waals surface area contributed by atoms with Gasteiger partial charge in [-0.05, 0) is 12.3 Å². The Morgan fingerprint density at radius 1 is 1.20 bits per heavy atom. The Morgan fingerprint density at radius 2 is 1.67 bits per heavy atom. The number of hydrogen-bond acceptors (Lipinski definition) is 3. The summed E-state index contributed by atoms with van der Waals surface area (Å²) in [6, 6.07) is 0. The molecule has 3 nitrogen and oxygen atoms in total. The summed E-state index contributed by atoms with van der Waals surface area (Å²) in [6.07, 6.45) is 1.99. The molecule has 0 rings (SSSR count). The second-order valence-electron chi connectivity index (χ2n) is 5.22. The molecule has 0 aromatic carbocycles. The van der Waals surface area contributed by atoms with Crippen LogP contribution in [-0.4, -0.2) is 30.6 Å². The molecular weight excluding hydrogens is 190 g/mol. The van der Waals surface area contributed by atoms with E-state index in [-0.39, 0.29) is 22.6 Å². The maximum absolute atomic E-state index is 11.8. The van der Waals surface area contributed by atoms with Crippen LogP contribution >= 0.6 is 0 Å². The van der Waals surface area contributed by atoms with Gasteiger partial charge in [-0.25, -0.2) is 0 Å². The standard InChI is InChI=1S/C12H21NO2/c1-9(14)10(8-13(5)6)11(15)7-12(2,3)4/h8H,7H2,1-6H3/b10-8-. The lowest BCUT2D eigenvalue weighted by atomic mass is 9.87. The minimum atomic E-state index is -0.169. The summed E-state index contributed by atoms with van der Waals surface area (Å²) in [5.41, 5.74) is 0.202. The normalized spacial score (nSPS) is 12.5. The van der Waals surface area contributed by atoms with Gasteiger partial charge in [0.15, 0.2) is 11.6 Å². The van der Waals surface area contributed by atoms with Gasteiger partial charge in [-0.3, -0.25) is 9.59 Å². The Kier molecular flexibility index (Phi) is 4.72. The largest absolute Gasteiger partial charge is 0.383 e. The van der Waals surface area contributed by atoms with Crippen molar-refractivity contribution in [1.82, 2.24) is 4.90 Å². The molecule has 0 atom stereocenters. The van der Waals surface area contributed by atoms with Crippen molar-refractivity contribution in [3.63, 3.8) is 0 Å². The van der Waals surface area contributed by atoms with E-state index in [2.05, 4.69) is 0 Å². The van der Waals surface area contributed by atoms with Gasteiger partial charge in [0.05, 0.1) is 5.57 Å². The highest BCUT2D eigenvalue weighted by Crippen LogP contribution is 2.21. The van der Waals surface area contributed by atoms with E-state index in [0.29, 0.717) is 6.42 Å². The zero-order valence-corrected chi connectivity index (χ0v) is 10.5. The molecule has 0 saturated heterocycles. The molecule has 0 fully saturated rings. The maximum Gasteiger partial charge on any atom is 0.168 e. The topological polar surface area (TPSA) is 37.4 Å². The summed E-state index contributed by atoms with van der Waals surface area (Å²) >= 11 is 0. The van der Waals surface area contributed by atoms with Crippen LogP contribution in [0, 0.1) is 5.41 Å². The molecule has 0 spiro atoms. The molecular formula is C12H21NO2. The number of nitrogens with zero attached hydrogens (tertiary/aromatic N) is 1. The fourth-order valence-electron chi connectivity index (χ4n) is 1.19. The highest BCUT2D eigenvalue weighted by Gasteiger charge is 2.21. The first-order valence-corrected chi connectivity index (χ1v) is 5.06. The number of carbonyl (C=O) groups is 2. The van der Waals surface area contributed by atoms with Crippen molar-refractivity contribution >= 4 is 11.6 Å². The molecule has 0 aliphatic heterocycles. The van der Waals surface area contributed by atoms with E-state index in [0.717, 1.165) is 0 Å². The molecule has 15 heavy (non-hydrogen) atoms. The summed E-state index contributed by atoms with van der Waals surface area (Å²) in [7, 11) is 3.60. The number of ketones is 2. The van der Waals surface area contributed by atoms with Gasteiger partial charge in [0.2, 0.25) is 0 Å². The predicted octanol–water partition coefficient (Wildman–Crippen LogP) is 2.03. The van der Waals surface area contributed by atoms with E-state index in [4.69, 9.17) is 0 Å². The van der Waals surface area contributed by atoms with Crippen LogP contribution in [0.4, 0.5) is 0 Å². The SMILES string of the molecule is CC(=O)/C(=C/N(C)C)C(=O)CC(C)(C)C. The van der Waals surface area contributed by atoms with Crippen molar-refractivity contribution < 1.29 is 9.59 Å². The van der Waals surface area contributed by atoms with Crippen LogP contribution in [-0.2, 0) is 9.59 Å². The molecule has 0 bridgehead atoms. The quantitative estimate of drug-likeness (QED) is 0.405. The van der Waals surface area contributed by atoms with Gasteiger partial charge in [-0.2, -0.15) is 0 Å². The summed E-state index contributed by atoms with van der Waals surface area (Å²) in [4.78, 5) is 24.8. The Balaban J connectivity index is 4.82. The fraction of sp³-hybridized carbons (Fsp3) is 0.667. The van der Waals surface area contributed by atoms with Crippen LogP contribution < -0.4 is 0 Å². The van der Waals surface area contributed by atoms with Crippen LogP contribution in [0.25, 0.3) is 0 Å². The number of rotatable bonds is 4. The molecule has 3 heteroatoms. The van der Waals surface area contributed by atoms with Crippen molar-refractivity contribution in [2.75, 3.05) is 14.1 Å². The lowest BCUT2D eigenvalue weighted by Gasteiger charge is -2.18. The van der Waals surface area contributed by atoms with Gasteiger partial charge in [0.25, 0.3) is 0 Å². The molecule has 86 valence electrons. The Labute approximate surface area is 92.1 Å². The molecule has 0 saturated carbocycles. The summed E-state index contributed by atoms with van der Waals surface area (Å²) in [5, 5.41) is 0. The maximum atomic E-state index is 11.8. The second-order valence-corrected chi connectivity index (χ2v) is 5.22. The van der Waals surface area contributed by atoms with Crippen molar-refractivity contribution in [1.29, 1.82) is 0 Å². The molecule has 0 aliphatic rings. The number of hydrogen-bond donors (Lipinski definition) is 0. The molecule has 0 aromatic heterocycles. The van der Waals surface area contributed by atoms with Crippen LogP contribution in [0.1, 0.15) is 34.1 Å². The average Bonchev–Trinajstić information content (AvgIpc) is 1.95.